The second kappa shape index (κ2) is 9.67. The molecule has 204 valence electrons. The minimum Gasteiger partial charge on any atom is -0.354 e. The van der Waals surface area contributed by atoms with Gasteiger partial charge in [-0.15, -0.1) is 10.2 Å². The smallest absolute Gasteiger partial charge is 0.354 e. The van der Waals surface area contributed by atoms with Gasteiger partial charge in [0.2, 0.25) is 0 Å². The Morgan fingerprint density at radius 2 is 1.68 bits per heavy atom. The Morgan fingerprint density at radius 3 is 2.34 bits per heavy atom. The van der Waals surface area contributed by atoms with E-state index in [1.165, 1.54) is 9.80 Å². The van der Waals surface area contributed by atoms with Crippen molar-refractivity contribution >= 4 is 17.4 Å². The maximum absolute atomic E-state index is 14.4. The Kier molecular flexibility index (Phi) is 6.79. The highest BCUT2D eigenvalue weighted by atomic mass is 35.5. The molecule has 4 heterocycles. The molecule has 2 aliphatic heterocycles. The average Bonchev–Trinajstić information content (AvgIpc) is 3.18. The van der Waals surface area contributed by atoms with E-state index in [1.807, 2.05) is 0 Å². The maximum Gasteiger partial charge on any atom is 0.433 e. The minimum absolute atomic E-state index is 0.00168. The number of nitrogens with zero attached hydrogens (tertiary/aromatic N) is 6. The van der Waals surface area contributed by atoms with Gasteiger partial charge in [0.1, 0.15) is 17.6 Å². The molecule has 1 aromatic carbocycles. The Balaban J connectivity index is 1.44. The lowest BCUT2D eigenvalue weighted by atomic mass is 9.95. The molecule has 2 aromatic heterocycles. The van der Waals surface area contributed by atoms with Crippen LogP contribution in [0.25, 0.3) is 5.69 Å². The lowest BCUT2D eigenvalue weighted by Crippen LogP contribution is -2.42. The van der Waals surface area contributed by atoms with Crippen molar-refractivity contribution in [2.45, 2.75) is 57.2 Å². The normalized spacial score (nSPS) is 18.2. The van der Waals surface area contributed by atoms with Crippen molar-refractivity contribution in [2.24, 2.45) is 0 Å². The Hall–Kier alpha value is -2.93. The molecule has 38 heavy (non-hydrogen) atoms. The lowest BCUT2D eigenvalue weighted by Gasteiger charge is -2.33. The maximum atomic E-state index is 14.4. The second-order valence-electron chi connectivity index (χ2n) is 9.47. The molecule has 3 aromatic rings. The third kappa shape index (κ3) is 5.05. The predicted octanol–water partition coefficient (Wildman–Crippen LogP) is 6.12. The van der Waals surface area contributed by atoms with Crippen LogP contribution < -0.4 is 4.90 Å². The number of piperidine rings is 1. The number of hydrogen-bond acceptors (Lipinski definition) is 5. The topological polar surface area (TPSA) is 50.1 Å². The zero-order valence-corrected chi connectivity index (χ0v) is 20.7. The number of benzene rings is 1. The molecule has 0 amide bonds. The van der Waals surface area contributed by atoms with Gasteiger partial charge in [-0.2, -0.15) is 26.3 Å². The van der Waals surface area contributed by atoms with Crippen molar-refractivity contribution in [2.75, 3.05) is 18.0 Å². The van der Waals surface area contributed by atoms with Crippen LogP contribution in [0.4, 0.5) is 36.6 Å². The first kappa shape index (κ1) is 26.7. The highest BCUT2D eigenvalue weighted by Crippen LogP contribution is 2.37. The number of pyridine rings is 1. The third-order valence-corrected chi connectivity index (χ3v) is 7.29. The second-order valence-corrected chi connectivity index (χ2v) is 9.90. The van der Waals surface area contributed by atoms with E-state index >= 15 is 0 Å². The first-order valence-corrected chi connectivity index (χ1v) is 12.2. The van der Waals surface area contributed by atoms with E-state index in [2.05, 4.69) is 15.2 Å². The Labute approximate surface area is 218 Å². The van der Waals surface area contributed by atoms with Gasteiger partial charge in [-0.25, -0.2) is 9.37 Å². The molecule has 1 saturated heterocycles. The lowest BCUT2D eigenvalue weighted by molar-refractivity contribution is -0.182. The van der Waals surface area contributed by atoms with Gasteiger partial charge in [0.05, 0.1) is 12.2 Å². The third-order valence-electron chi connectivity index (χ3n) is 7.05. The number of anilines is 1. The highest BCUT2D eigenvalue weighted by molar-refractivity contribution is 6.30. The van der Waals surface area contributed by atoms with Crippen LogP contribution in [-0.2, 0) is 19.3 Å². The van der Waals surface area contributed by atoms with Crippen molar-refractivity contribution in [1.29, 1.82) is 0 Å². The number of fused-ring (bicyclic) bond motifs is 3. The largest absolute Gasteiger partial charge is 0.433 e. The van der Waals surface area contributed by atoms with Crippen LogP contribution in [0.15, 0.2) is 30.3 Å². The molecule has 2 aliphatic rings. The summed E-state index contributed by atoms with van der Waals surface area (Å²) in [5.41, 5.74) is 0.0297. The summed E-state index contributed by atoms with van der Waals surface area (Å²) >= 11 is 6.17. The van der Waals surface area contributed by atoms with Crippen molar-refractivity contribution < 1.29 is 30.7 Å². The van der Waals surface area contributed by atoms with Crippen LogP contribution in [0.3, 0.4) is 0 Å². The number of alkyl halides is 6. The molecule has 0 N–H and O–H groups in total. The molecule has 14 heteroatoms. The minimum atomic E-state index is -4.70. The average molecular weight is 563 g/mol. The zero-order valence-electron chi connectivity index (χ0n) is 20.0. The van der Waals surface area contributed by atoms with E-state index in [0.29, 0.717) is 46.8 Å². The quantitative estimate of drug-likeness (QED) is 0.360. The van der Waals surface area contributed by atoms with Gasteiger partial charge in [-0.1, -0.05) is 11.6 Å². The molecule has 0 radical (unpaired) electrons. The van der Waals surface area contributed by atoms with Gasteiger partial charge in [0, 0.05) is 30.6 Å². The number of halogens is 8. The summed E-state index contributed by atoms with van der Waals surface area (Å²) in [5, 5.41) is 8.92. The predicted molar refractivity (Wildman–Crippen MR) is 125 cm³/mol. The summed E-state index contributed by atoms with van der Waals surface area (Å²) in [5.74, 6) is -0.559. The fourth-order valence-electron chi connectivity index (χ4n) is 4.96. The highest BCUT2D eigenvalue weighted by Gasteiger charge is 2.42. The van der Waals surface area contributed by atoms with E-state index in [0.717, 1.165) is 13.0 Å². The van der Waals surface area contributed by atoms with Gasteiger partial charge in [0.25, 0.3) is 0 Å². The van der Waals surface area contributed by atoms with Crippen LogP contribution >= 0.6 is 11.6 Å². The summed E-state index contributed by atoms with van der Waals surface area (Å²) in [7, 11) is 0. The van der Waals surface area contributed by atoms with E-state index in [4.69, 9.17) is 11.6 Å². The molecule has 0 spiro atoms. The monoisotopic (exact) mass is 562 g/mol. The van der Waals surface area contributed by atoms with Gasteiger partial charge < -0.3 is 4.90 Å². The van der Waals surface area contributed by atoms with Crippen molar-refractivity contribution in [1.82, 2.24) is 24.6 Å². The van der Waals surface area contributed by atoms with Crippen LogP contribution in [-0.4, -0.2) is 50.0 Å². The molecule has 0 saturated carbocycles. The summed E-state index contributed by atoms with van der Waals surface area (Å²) in [4.78, 5) is 6.22. The van der Waals surface area contributed by atoms with Crippen LogP contribution in [0.1, 0.15) is 48.6 Å². The molecule has 1 atom stereocenters. The SMILES string of the molecule is CC(N1Cc2cc(Cl)ccc2-n2c(nnc2C2CCN(c3nc(C(F)(F)F)ccc3F)CC2)C1)C(F)(F)F. The molecule has 1 unspecified atom stereocenters. The zero-order chi connectivity index (χ0) is 27.4. The molecular weight excluding hydrogens is 541 g/mol. The fourth-order valence-corrected chi connectivity index (χ4v) is 5.15. The standard InChI is InChI=1S/C24H22ClF7N6/c1-13(23(27,28)29)37-11-15-10-16(25)2-4-18(15)38-20(12-37)34-35-21(38)14-6-8-36(9-7-14)22-17(26)3-5-19(33-22)24(30,31)32/h2-5,10,13-14H,6-9,11-12H2,1H3. The molecule has 0 aliphatic carbocycles. The summed E-state index contributed by atoms with van der Waals surface area (Å²) in [6.07, 6.45) is -8.34. The molecular formula is C24H22ClF7N6. The molecule has 5 rings (SSSR count). The van der Waals surface area contributed by atoms with Gasteiger partial charge in [0.15, 0.2) is 17.5 Å². The van der Waals surface area contributed by atoms with Gasteiger partial charge in [-0.05, 0) is 55.7 Å². The van der Waals surface area contributed by atoms with Crippen molar-refractivity contribution in [3.05, 3.63) is 64.1 Å². The summed E-state index contributed by atoms with van der Waals surface area (Å²) in [6, 6.07) is 4.60. The van der Waals surface area contributed by atoms with Gasteiger partial charge >= 0.3 is 12.4 Å². The van der Waals surface area contributed by atoms with E-state index in [1.54, 1.807) is 22.8 Å². The molecule has 0 bridgehead atoms. The van der Waals surface area contributed by atoms with Crippen LogP contribution in [0, 0.1) is 5.82 Å². The molecule has 1 fully saturated rings. The summed E-state index contributed by atoms with van der Waals surface area (Å²) < 4.78 is 96.2. The number of hydrogen-bond donors (Lipinski definition) is 0. The molecule has 6 nitrogen and oxygen atoms in total. The van der Waals surface area contributed by atoms with Crippen molar-refractivity contribution in [3.63, 3.8) is 0 Å². The van der Waals surface area contributed by atoms with E-state index in [-0.39, 0.29) is 37.9 Å². The van der Waals surface area contributed by atoms with E-state index < -0.39 is 29.9 Å². The number of rotatable bonds is 3. The van der Waals surface area contributed by atoms with Crippen LogP contribution in [0.2, 0.25) is 5.02 Å². The summed E-state index contributed by atoms with van der Waals surface area (Å²) in [6.45, 7) is 1.41. The van der Waals surface area contributed by atoms with E-state index in [9.17, 15) is 30.7 Å². The van der Waals surface area contributed by atoms with Crippen molar-refractivity contribution in [3.8, 4) is 5.69 Å². The first-order valence-electron chi connectivity index (χ1n) is 11.9. The van der Waals surface area contributed by atoms with Gasteiger partial charge in [-0.3, -0.25) is 9.47 Å². The van der Waals surface area contributed by atoms with Crippen LogP contribution in [0.5, 0.6) is 0 Å². The first-order chi connectivity index (χ1) is 17.8. The number of aromatic nitrogens is 4. The fraction of sp³-hybridized carbons (Fsp3) is 0.458. The Bertz CT molecular complexity index is 1330. The Morgan fingerprint density at radius 1 is 0.974 bits per heavy atom.